The summed E-state index contributed by atoms with van der Waals surface area (Å²) in [5.41, 5.74) is 2.28. The number of allylic oxidation sites excluding steroid dienone is 2. The Morgan fingerprint density at radius 3 is 2.50 bits per heavy atom. The Balaban J connectivity index is 2.30. The quantitative estimate of drug-likeness (QED) is 0.449. The lowest BCUT2D eigenvalue weighted by molar-refractivity contribution is -0.00579. The molecule has 0 heterocycles. The Morgan fingerprint density at radius 1 is 1.50 bits per heavy atom. The maximum absolute atomic E-state index is 2.43. The summed E-state index contributed by atoms with van der Waals surface area (Å²) in [6, 6.07) is 0. The lowest BCUT2D eigenvalue weighted by Gasteiger charge is -2.56. The SMILES string of the molecule is CC1=CCC2C[C@H]1C2(C)C. The molecule has 0 radical (unpaired) electrons. The van der Waals surface area contributed by atoms with Crippen LogP contribution in [-0.4, -0.2) is 0 Å². The van der Waals surface area contributed by atoms with Gasteiger partial charge in [0.15, 0.2) is 0 Å². The molecule has 2 bridgehead atoms. The second kappa shape index (κ2) is 1.66. The summed E-state index contributed by atoms with van der Waals surface area (Å²) in [6.07, 6.45) is 5.24. The molecule has 1 saturated carbocycles. The van der Waals surface area contributed by atoms with E-state index < -0.39 is 0 Å². The van der Waals surface area contributed by atoms with Gasteiger partial charge in [-0.05, 0) is 37.0 Å². The molecule has 0 N–H and O–H groups in total. The fraction of sp³-hybridized carbons (Fsp3) is 0.800. The van der Waals surface area contributed by atoms with Gasteiger partial charge in [-0.1, -0.05) is 25.5 Å². The molecule has 3 aliphatic rings. The zero-order valence-electron chi connectivity index (χ0n) is 7.15. The molecule has 0 heteroatoms. The van der Waals surface area contributed by atoms with Gasteiger partial charge in [-0.3, -0.25) is 0 Å². The van der Waals surface area contributed by atoms with Crippen LogP contribution in [0, 0.1) is 17.3 Å². The van der Waals surface area contributed by atoms with Gasteiger partial charge in [-0.25, -0.2) is 0 Å². The number of hydrogen-bond acceptors (Lipinski definition) is 0. The van der Waals surface area contributed by atoms with E-state index >= 15 is 0 Å². The number of hydrogen-bond donors (Lipinski definition) is 0. The van der Waals surface area contributed by atoms with Gasteiger partial charge in [0.1, 0.15) is 0 Å². The second-order valence-electron chi connectivity index (χ2n) is 4.49. The third kappa shape index (κ3) is 0.574. The van der Waals surface area contributed by atoms with Crippen molar-refractivity contribution in [3.05, 3.63) is 11.6 Å². The summed E-state index contributed by atoms with van der Waals surface area (Å²) in [4.78, 5) is 0. The van der Waals surface area contributed by atoms with Crippen molar-refractivity contribution < 1.29 is 0 Å². The van der Waals surface area contributed by atoms with Gasteiger partial charge >= 0.3 is 0 Å². The average Bonchev–Trinajstić information content (AvgIpc) is 1.87. The topological polar surface area (TPSA) is 0 Å². The van der Waals surface area contributed by atoms with E-state index in [9.17, 15) is 0 Å². The van der Waals surface area contributed by atoms with Crippen molar-refractivity contribution in [2.75, 3.05) is 0 Å². The highest BCUT2D eigenvalue weighted by molar-refractivity contribution is 5.21. The smallest absolute Gasteiger partial charge is 0.0149 e. The molecule has 0 saturated heterocycles. The molecule has 0 aromatic carbocycles. The van der Waals surface area contributed by atoms with Crippen molar-refractivity contribution in [3.8, 4) is 0 Å². The predicted molar refractivity (Wildman–Crippen MR) is 43.8 cm³/mol. The van der Waals surface area contributed by atoms with Crippen LogP contribution in [0.2, 0.25) is 0 Å². The van der Waals surface area contributed by atoms with Crippen molar-refractivity contribution >= 4 is 0 Å². The molecule has 0 spiro atoms. The Hall–Kier alpha value is -0.260. The normalized spacial score (nSPS) is 42.1. The van der Waals surface area contributed by atoms with Gasteiger partial charge in [0.25, 0.3) is 0 Å². The van der Waals surface area contributed by atoms with Crippen LogP contribution in [0.15, 0.2) is 11.6 Å². The van der Waals surface area contributed by atoms with Crippen LogP contribution in [0.5, 0.6) is 0 Å². The largest absolute Gasteiger partial charge is 0.0850 e. The highest BCUT2D eigenvalue weighted by Gasteiger charge is 2.49. The molecular weight excluding hydrogens is 120 g/mol. The molecule has 2 atom stereocenters. The molecule has 56 valence electrons. The molecule has 0 aromatic heterocycles. The standard InChI is InChI=1S/C10H16/c1-7-4-5-8-6-9(7)10(8,2)3/h4,8-9H,5-6H2,1-3H3/t8?,9-/m1/s1. The second-order valence-corrected chi connectivity index (χ2v) is 4.49. The van der Waals surface area contributed by atoms with Gasteiger partial charge < -0.3 is 0 Å². The summed E-state index contributed by atoms with van der Waals surface area (Å²) < 4.78 is 0. The molecule has 10 heavy (non-hydrogen) atoms. The minimum absolute atomic E-state index is 0.638. The number of fused-ring (bicyclic) bond motifs is 1. The third-order valence-corrected chi connectivity index (χ3v) is 3.74. The lowest BCUT2D eigenvalue weighted by Crippen LogP contribution is -2.47. The third-order valence-electron chi connectivity index (χ3n) is 3.74. The van der Waals surface area contributed by atoms with E-state index in [0.29, 0.717) is 5.41 Å². The first kappa shape index (κ1) is 6.45. The first-order valence-corrected chi connectivity index (χ1v) is 4.29. The fourth-order valence-corrected chi connectivity index (χ4v) is 2.66. The predicted octanol–water partition coefficient (Wildman–Crippen LogP) is 3.00. The molecule has 0 aromatic rings. The van der Waals surface area contributed by atoms with Crippen molar-refractivity contribution in [1.82, 2.24) is 0 Å². The maximum atomic E-state index is 2.43. The maximum Gasteiger partial charge on any atom is -0.0149 e. The summed E-state index contributed by atoms with van der Waals surface area (Å²) in [5.74, 6) is 1.92. The van der Waals surface area contributed by atoms with E-state index in [2.05, 4.69) is 26.8 Å². The van der Waals surface area contributed by atoms with E-state index in [4.69, 9.17) is 0 Å². The van der Waals surface area contributed by atoms with Crippen LogP contribution < -0.4 is 0 Å². The molecular formula is C10H16. The van der Waals surface area contributed by atoms with Crippen molar-refractivity contribution in [1.29, 1.82) is 0 Å². The zero-order chi connectivity index (χ0) is 7.35. The highest BCUT2D eigenvalue weighted by Crippen LogP contribution is 2.58. The Bertz CT molecular complexity index is 186. The van der Waals surface area contributed by atoms with Crippen molar-refractivity contribution in [3.63, 3.8) is 0 Å². The highest BCUT2D eigenvalue weighted by atomic mass is 14.5. The fourth-order valence-electron chi connectivity index (χ4n) is 2.66. The van der Waals surface area contributed by atoms with Crippen LogP contribution in [-0.2, 0) is 0 Å². The number of rotatable bonds is 0. The van der Waals surface area contributed by atoms with E-state index in [1.54, 1.807) is 5.57 Å². The van der Waals surface area contributed by atoms with Crippen LogP contribution in [0.25, 0.3) is 0 Å². The summed E-state index contributed by atoms with van der Waals surface area (Å²) in [6.45, 7) is 7.13. The average molecular weight is 136 g/mol. The first-order chi connectivity index (χ1) is 4.62. The van der Waals surface area contributed by atoms with Crippen LogP contribution >= 0.6 is 0 Å². The summed E-state index contributed by atoms with van der Waals surface area (Å²) in [7, 11) is 0. The Labute approximate surface area is 63.3 Å². The summed E-state index contributed by atoms with van der Waals surface area (Å²) >= 11 is 0. The lowest BCUT2D eigenvalue weighted by atomic mass is 9.49. The minimum Gasteiger partial charge on any atom is -0.0850 e. The van der Waals surface area contributed by atoms with Crippen molar-refractivity contribution in [2.24, 2.45) is 17.3 Å². The Morgan fingerprint density at radius 2 is 2.20 bits per heavy atom. The van der Waals surface area contributed by atoms with Gasteiger partial charge in [-0.2, -0.15) is 0 Å². The van der Waals surface area contributed by atoms with Gasteiger partial charge in [0.2, 0.25) is 0 Å². The van der Waals surface area contributed by atoms with E-state index in [1.807, 2.05) is 0 Å². The van der Waals surface area contributed by atoms with E-state index in [-0.39, 0.29) is 0 Å². The molecule has 3 aliphatic carbocycles. The molecule has 3 rings (SSSR count). The van der Waals surface area contributed by atoms with Crippen LogP contribution in [0.1, 0.15) is 33.6 Å². The molecule has 0 aliphatic heterocycles. The van der Waals surface area contributed by atoms with Crippen LogP contribution in [0.4, 0.5) is 0 Å². The van der Waals surface area contributed by atoms with Crippen molar-refractivity contribution in [2.45, 2.75) is 33.6 Å². The molecule has 0 amide bonds. The molecule has 1 unspecified atom stereocenters. The Kier molecular flexibility index (Phi) is 1.07. The van der Waals surface area contributed by atoms with Gasteiger partial charge in [0.05, 0.1) is 0 Å². The van der Waals surface area contributed by atoms with E-state index in [1.165, 1.54) is 12.8 Å². The zero-order valence-corrected chi connectivity index (χ0v) is 7.15. The first-order valence-electron chi connectivity index (χ1n) is 4.29. The van der Waals surface area contributed by atoms with E-state index in [0.717, 1.165) is 11.8 Å². The van der Waals surface area contributed by atoms with Gasteiger partial charge in [0, 0.05) is 0 Å². The monoisotopic (exact) mass is 136 g/mol. The summed E-state index contributed by atoms with van der Waals surface area (Å²) in [5, 5.41) is 0. The molecule has 1 fully saturated rings. The van der Waals surface area contributed by atoms with Gasteiger partial charge in [-0.15, -0.1) is 0 Å². The van der Waals surface area contributed by atoms with Crippen LogP contribution in [0.3, 0.4) is 0 Å². The molecule has 0 nitrogen and oxygen atoms in total. The minimum atomic E-state index is 0.638.